The highest BCUT2D eigenvalue weighted by molar-refractivity contribution is 5.89. The Balaban J connectivity index is 0.000000187. The average molecular weight is 244 g/mol. The van der Waals surface area contributed by atoms with E-state index in [2.05, 4.69) is 48.5 Å². The van der Waals surface area contributed by atoms with Gasteiger partial charge in [-0.2, -0.15) is 0 Å². The van der Waals surface area contributed by atoms with Crippen molar-refractivity contribution in [2.45, 2.75) is 0 Å². The molecule has 0 aliphatic heterocycles. The summed E-state index contributed by atoms with van der Waals surface area (Å²) in [6.45, 7) is 0. The van der Waals surface area contributed by atoms with Gasteiger partial charge in [-0.15, -0.1) is 0 Å². The minimum absolute atomic E-state index is 0.558. The van der Waals surface area contributed by atoms with Crippen molar-refractivity contribution in [3.8, 4) is 0 Å². The fraction of sp³-hybridized carbons (Fsp3) is 0. The molecule has 0 bridgehead atoms. The van der Waals surface area contributed by atoms with Gasteiger partial charge in [0, 0.05) is 12.2 Å². The van der Waals surface area contributed by atoms with Crippen molar-refractivity contribution in [3.63, 3.8) is 0 Å². The summed E-state index contributed by atoms with van der Waals surface area (Å²) in [5.74, 6) is -2.51. The molecule has 2 rings (SSSR count). The van der Waals surface area contributed by atoms with Crippen molar-refractivity contribution in [2.75, 3.05) is 0 Å². The van der Waals surface area contributed by atoms with E-state index in [1.807, 2.05) is 0 Å². The number of hydrogen-bond donors (Lipinski definition) is 2. The van der Waals surface area contributed by atoms with Crippen LogP contribution in [0.1, 0.15) is 0 Å². The van der Waals surface area contributed by atoms with Gasteiger partial charge in [0.2, 0.25) is 0 Å². The molecule has 4 nitrogen and oxygen atoms in total. The molecule has 0 aliphatic rings. The molecule has 92 valence electrons. The Labute approximate surface area is 104 Å². The first-order valence-electron chi connectivity index (χ1n) is 5.17. The Hall–Kier alpha value is -2.62. The third kappa shape index (κ3) is 4.94. The van der Waals surface area contributed by atoms with Crippen LogP contribution >= 0.6 is 0 Å². The SMILES string of the molecule is O=C(O)/C=C\C(=O)O.c1ccc2ccccc2c1. The molecule has 0 unspecified atom stereocenters. The second-order valence-electron chi connectivity index (χ2n) is 3.36. The highest BCUT2D eigenvalue weighted by atomic mass is 16.4. The summed E-state index contributed by atoms with van der Waals surface area (Å²) in [5, 5.41) is 18.2. The van der Waals surface area contributed by atoms with Gasteiger partial charge in [-0.25, -0.2) is 9.59 Å². The molecular formula is C14H12O4. The largest absolute Gasteiger partial charge is 0.478 e. The zero-order chi connectivity index (χ0) is 13.4. The number of carbonyl (C=O) groups is 2. The van der Waals surface area contributed by atoms with E-state index < -0.39 is 11.9 Å². The van der Waals surface area contributed by atoms with E-state index in [-0.39, 0.29) is 0 Å². The van der Waals surface area contributed by atoms with Gasteiger partial charge in [-0.05, 0) is 10.8 Å². The monoisotopic (exact) mass is 244 g/mol. The zero-order valence-corrected chi connectivity index (χ0v) is 9.48. The van der Waals surface area contributed by atoms with E-state index >= 15 is 0 Å². The first kappa shape index (κ1) is 13.4. The standard InChI is InChI=1S/C10H8.C4H4O4/c1-2-6-10-8-4-3-7-9(10)5-1;5-3(6)1-2-4(7)8/h1-8H;1-2H,(H,5,6)(H,7,8)/b;2-1-. The number of carboxylic acid groups (broad SMARTS) is 2. The number of rotatable bonds is 2. The van der Waals surface area contributed by atoms with Gasteiger partial charge < -0.3 is 10.2 Å². The lowest BCUT2D eigenvalue weighted by Gasteiger charge is -1.92. The molecule has 0 heterocycles. The van der Waals surface area contributed by atoms with Gasteiger partial charge in [0.1, 0.15) is 0 Å². The lowest BCUT2D eigenvalue weighted by Crippen LogP contribution is -1.91. The van der Waals surface area contributed by atoms with Crippen LogP contribution in [0.15, 0.2) is 60.7 Å². The van der Waals surface area contributed by atoms with Crippen LogP contribution in [-0.2, 0) is 9.59 Å². The Bertz CT molecular complexity index is 491. The second-order valence-corrected chi connectivity index (χ2v) is 3.36. The van der Waals surface area contributed by atoms with Crippen molar-refractivity contribution < 1.29 is 19.8 Å². The summed E-state index contributed by atoms with van der Waals surface area (Å²) < 4.78 is 0. The predicted molar refractivity (Wildman–Crippen MR) is 68.4 cm³/mol. The molecular weight excluding hydrogens is 232 g/mol. The summed E-state index contributed by atoms with van der Waals surface area (Å²) in [6, 6.07) is 16.7. The highest BCUT2D eigenvalue weighted by Crippen LogP contribution is 2.11. The maximum absolute atomic E-state index is 9.55. The van der Waals surface area contributed by atoms with Crippen LogP contribution in [0.4, 0.5) is 0 Å². The Kier molecular flexibility index (Phi) is 5.12. The smallest absolute Gasteiger partial charge is 0.328 e. The van der Waals surface area contributed by atoms with Crippen molar-refractivity contribution in [3.05, 3.63) is 60.7 Å². The van der Waals surface area contributed by atoms with Gasteiger partial charge in [0.25, 0.3) is 0 Å². The number of carboxylic acids is 2. The normalized spacial score (nSPS) is 9.78. The molecule has 18 heavy (non-hydrogen) atoms. The minimum atomic E-state index is -1.26. The quantitative estimate of drug-likeness (QED) is 0.796. The summed E-state index contributed by atoms with van der Waals surface area (Å²) in [7, 11) is 0. The first-order valence-corrected chi connectivity index (χ1v) is 5.17. The maximum Gasteiger partial charge on any atom is 0.328 e. The van der Waals surface area contributed by atoms with Gasteiger partial charge in [0.05, 0.1) is 0 Å². The lowest BCUT2D eigenvalue weighted by atomic mass is 10.1. The Morgan fingerprint density at radius 3 is 1.22 bits per heavy atom. The third-order valence-electron chi connectivity index (χ3n) is 2.03. The van der Waals surface area contributed by atoms with E-state index in [0.717, 1.165) is 0 Å². The summed E-state index contributed by atoms with van der Waals surface area (Å²) in [4.78, 5) is 19.1. The van der Waals surface area contributed by atoms with Crippen molar-refractivity contribution in [2.24, 2.45) is 0 Å². The molecule has 4 heteroatoms. The molecule has 0 amide bonds. The van der Waals surface area contributed by atoms with Crippen LogP contribution < -0.4 is 0 Å². The lowest BCUT2D eigenvalue weighted by molar-refractivity contribution is -0.134. The van der Waals surface area contributed by atoms with E-state index in [4.69, 9.17) is 10.2 Å². The third-order valence-corrected chi connectivity index (χ3v) is 2.03. The van der Waals surface area contributed by atoms with Crippen LogP contribution in [0.3, 0.4) is 0 Å². The zero-order valence-electron chi connectivity index (χ0n) is 9.48. The van der Waals surface area contributed by atoms with E-state index in [0.29, 0.717) is 12.2 Å². The number of benzene rings is 2. The average Bonchev–Trinajstić information content (AvgIpc) is 2.37. The molecule has 0 saturated carbocycles. The molecule has 0 spiro atoms. The highest BCUT2D eigenvalue weighted by Gasteiger charge is 1.88. The summed E-state index contributed by atoms with van der Waals surface area (Å²) in [5.41, 5.74) is 0. The fourth-order valence-corrected chi connectivity index (χ4v) is 1.28. The molecule has 0 fully saturated rings. The molecule has 0 radical (unpaired) electrons. The van der Waals surface area contributed by atoms with Gasteiger partial charge >= 0.3 is 11.9 Å². The maximum atomic E-state index is 9.55. The number of fused-ring (bicyclic) bond motifs is 1. The van der Waals surface area contributed by atoms with Crippen LogP contribution in [0.5, 0.6) is 0 Å². The van der Waals surface area contributed by atoms with E-state index in [1.54, 1.807) is 0 Å². The van der Waals surface area contributed by atoms with Crippen LogP contribution in [0, 0.1) is 0 Å². The summed E-state index contributed by atoms with van der Waals surface area (Å²) in [6.07, 6.45) is 1.12. The van der Waals surface area contributed by atoms with E-state index in [1.165, 1.54) is 10.8 Å². The first-order chi connectivity index (χ1) is 8.59. The Morgan fingerprint density at radius 2 is 1.00 bits per heavy atom. The topological polar surface area (TPSA) is 74.6 Å². The van der Waals surface area contributed by atoms with Gasteiger partial charge in [-0.3, -0.25) is 0 Å². The Morgan fingerprint density at radius 1 is 0.722 bits per heavy atom. The molecule has 0 atom stereocenters. The second kappa shape index (κ2) is 6.85. The molecule has 2 N–H and O–H groups in total. The van der Waals surface area contributed by atoms with Crippen molar-refractivity contribution in [1.82, 2.24) is 0 Å². The summed E-state index contributed by atoms with van der Waals surface area (Å²) >= 11 is 0. The number of hydrogen-bond acceptors (Lipinski definition) is 2. The molecule has 2 aromatic carbocycles. The van der Waals surface area contributed by atoms with Gasteiger partial charge in [0.15, 0.2) is 0 Å². The molecule has 0 aromatic heterocycles. The van der Waals surface area contributed by atoms with Crippen LogP contribution in [0.25, 0.3) is 10.8 Å². The molecule has 2 aromatic rings. The van der Waals surface area contributed by atoms with Crippen LogP contribution in [-0.4, -0.2) is 22.2 Å². The number of aliphatic carboxylic acids is 2. The van der Waals surface area contributed by atoms with Crippen molar-refractivity contribution in [1.29, 1.82) is 0 Å². The van der Waals surface area contributed by atoms with Crippen LogP contribution in [0.2, 0.25) is 0 Å². The minimum Gasteiger partial charge on any atom is -0.478 e. The van der Waals surface area contributed by atoms with Crippen molar-refractivity contribution >= 4 is 22.7 Å². The fourth-order valence-electron chi connectivity index (χ4n) is 1.28. The van der Waals surface area contributed by atoms with Gasteiger partial charge in [-0.1, -0.05) is 48.5 Å². The van der Waals surface area contributed by atoms with E-state index in [9.17, 15) is 9.59 Å². The molecule has 0 saturated heterocycles. The predicted octanol–water partition coefficient (Wildman–Crippen LogP) is 2.55. The molecule has 0 aliphatic carbocycles.